The van der Waals surface area contributed by atoms with Crippen molar-refractivity contribution in [2.45, 2.75) is 45.6 Å². The Balaban J connectivity index is 2.38. The minimum atomic E-state index is -1.07. The molecule has 0 spiro atoms. The molecule has 0 aromatic rings. The fourth-order valence-electron chi connectivity index (χ4n) is 2.29. The molecule has 0 aromatic heterocycles. The summed E-state index contributed by atoms with van der Waals surface area (Å²) < 4.78 is 0. The molecule has 7 nitrogen and oxygen atoms in total. The summed E-state index contributed by atoms with van der Waals surface area (Å²) >= 11 is 0. The topological polar surface area (TPSA) is 98.7 Å². The second kappa shape index (κ2) is 8.49. The number of nitrogens with one attached hydrogen (secondary N) is 2. The van der Waals surface area contributed by atoms with Crippen molar-refractivity contribution in [3.63, 3.8) is 0 Å². The third-order valence-electron chi connectivity index (χ3n) is 3.87. The van der Waals surface area contributed by atoms with Crippen molar-refractivity contribution in [1.29, 1.82) is 0 Å². The summed E-state index contributed by atoms with van der Waals surface area (Å²) in [5, 5.41) is 13.9. The summed E-state index contributed by atoms with van der Waals surface area (Å²) in [6, 6.07) is -1.56. The Hall–Kier alpha value is -1.79. The van der Waals surface area contributed by atoms with E-state index in [2.05, 4.69) is 10.6 Å². The predicted molar refractivity (Wildman–Crippen MR) is 77.8 cm³/mol. The van der Waals surface area contributed by atoms with Gasteiger partial charge in [0.15, 0.2) is 0 Å². The minimum absolute atomic E-state index is 0.0985. The molecule has 3 amide bonds. The van der Waals surface area contributed by atoms with Crippen molar-refractivity contribution in [1.82, 2.24) is 15.5 Å². The van der Waals surface area contributed by atoms with Crippen molar-refractivity contribution in [3.8, 4) is 0 Å². The van der Waals surface area contributed by atoms with Gasteiger partial charge in [0.2, 0.25) is 5.91 Å². The van der Waals surface area contributed by atoms with Crippen LogP contribution in [0.2, 0.25) is 0 Å². The van der Waals surface area contributed by atoms with E-state index in [9.17, 15) is 14.4 Å². The highest BCUT2D eigenvalue weighted by Gasteiger charge is 2.25. The van der Waals surface area contributed by atoms with Gasteiger partial charge in [0, 0.05) is 13.1 Å². The Kier molecular flexibility index (Phi) is 6.98. The van der Waals surface area contributed by atoms with Gasteiger partial charge in [0.1, 0.15) is 6.04 Å². The monoisotopic (exact) mass is 299 g/mol. The van der Waals surface area contributed by atoms with Gasteiger partial charge < -0.3 is 20.6 Å². The van der Waals surface area contributed by atoms with Crippen LogP contribution in [0.4, 0.5) is 4.79 Å². The van der Waals surface area contributed by atoms with Crippen molar-refractivity contribution in [2.24, 2.45) is 5.92 Å². The quantitative estimate of drug-likeness (QED) is 0.675. The van der Waals surface area contributed by atoms with Crippen LogP contribution in [0, 0.1) is 5.92 Å². The molecule has 1 saturated heterocycles. The number of amides is 3. The lowest BCUT2D eigenvalue weighted by atomic mass is 9.99. The average Bonchev–Trinajstić information content (AvgIpc) is 2.50. The number of urea groups is 1. The molecule has 1 heterocycles. The van der Waals surface area contributed by atoms with Crippen LogP contribution in [0.15, 0.2) is 0 Å². The molecule has 1 unspecified atom stereocenters. The Morgan fingerprint density at radius 3 is 2.33 bits per heavy atom. The maximum atomic E-state index is 11.9. The van der Waals surface area contributed by atoms with Gasteiger partial charge in [0.05, 0.1) is 6.54 Å². The number of carboxylic acid groups (broad SMARTS) is 1. The molecule has 2 atom stereocenters. The van der Waals surface area contributed by atoms with Crippen molar-refractivity contribution < 1.29 is 19.5 Å². The van der Waals surface area contributed by atoms with Crippen LogP contribution in [0.25, 0.3) is 0 Å². The second-order valence-electron chi connectivity index (χ2n) is 5.47. The highest BCUT2D eigenvalue weighted by molar-refractivity contribution is 5.86. The largest absolute Gasteiger partial charge is 0.480 e. The van der Waals surface area contributed by atoms with E-state index in [1.807, 2.05) is 6.92 Å². The fraction of sp³-hybridized carbons (Fsp3) is 0.786. The number of piperidine rings is 1. The lowest BCUT2D eigenvalue weighted by molar-refractivity contribution is -0.140. The summed E-state index contributed by atoms with van der Waals surface area (Å²) in [5.41, 5.74) is 0. The lowest BCUT2D eigenvalue weighted by Crippen LogP contribution is -2.51. The van der Waals surface area contributed by atoms with E-state index in [1.165, 1.54) is 0 Å². The molecular formula is C14H25N3O4. The molecule has 0 saturated carbocycles. The van der Waals surface area contributed by atoms with E-state index >= 15 is 0 Å². The van der Waals surface area contributed by atoms with Gasteiger partial charge in [-0.2, -0.15) is 0 Å². The molecule has 1 aliphatic heterocycles. The zero-order valence-corrected chi connectivity index (χ0v) is 12.7. The molecule has 0 aliphatic carbocycles. The van der Waals surface area contributed by atoms with Gasteiger partial charge in [0.25, 0.3) is 0 Å². The van der Waals surface area contributed by atoms with Crippen LogP contribution in [0.1, 0.15) is 39.5 Å². The van der Waals surface area contributed by atoms with Crippen LogP contribution in [0.3, 0.4) is 0 Å². The third kappa shape index (κ3) is 5.61. The number of nitrogens with zero attached hydrogens (tertiary/aromatic N) is 1. The molecule has 3 N–H and O–H groups in total. The number of carboxylic acids is 1. The first-order valence-electron chi connectivity index (χ1n) is 7.50. The molecule has 1 rings (SSSR count). The SMILES string of the molecule is CCC(C)[C@H](NC(=O)NCC(=O)N1CCCCC1)C(=O)O. The number of aliphatic carboxylic acids is 1. The number of likely N-dealkylation sites (tertiary alicyclic amines) is 1. The van der Waals surface area contributed by atoms with Crippen molar-refractivity contribution >= 4 is 17.9 Å². The molecule has 0 aromatic carbocycles. The molecular weight excluding hydrogens is 274 g/mol. The van der Waals surface area contributed by atoms with E-state index in [1.54, 1.807) is 11.8 Å². The number of carbonyl (C=O) groups excluding carboxylic acids is 2. The van der Waals surface area contributed by atoms with E-state index in [-0.39, 0.29) is 18.4 Å². The average molecular weight is 299 g/mol. The smallest absolute Gasteiger partial charge is 0.326 e. The van der Waals surface area contributed by atoms with Gasteiger partial charge in [-0.1, -0.05) is 20.3 Å². The zero-order valence-electron chi connectivity index (χ0n) is 12.7. The van der Waals surface area contributed by atoms with Crippen LogP contribution in [0.5, 0.6) is 0 Å². The first kappa shape index (κ1) is 17.3. The summed E-state index contributed by atoms with van der Waals surface area (Å²) in [5.74, 6) is -1.37. The Morgan fingerprint density at radius 2 is 1.81 bits per heavy atom. The highest BCUT2D eigenvalue weighted by Crippen LogP contribution is 2.09. The normalized spacial score (nSPS) is 17.7. The maximum absolute atomic E-state index is 11.9. The van der Waals surface area contributed by atoms with Crippen molar-refractivity contribution in [2.75, 3.05) is 19.6 Å². The Bertz CT molecular complexity index is 380. The maximum Gasteiger partial charge on any atom is 0.326 e. The van der Waals surface area contributed by atoms with E-state index in [0.717, 1.165) is 32.4 Å². The number of rotatable bonds is 6. The van der Waals surface area contributed by atoms with Crippen molar-refractivity contribution in [3.05, 3.63) is 0 Å². The molecule has 0 bridgehead atoms. The zero-order chi connectivity index (χ0) is 15.8. The number of hydrogen-bond donors (Lipinski definition) is 3. The molecule has 120 valence electrons. The van der Waals surface area contributed by atoms with E-state index in [0.29, 0.717) is 6.42 Å². The minimum Gasteiger partial charge on any atom is -0.480 e. The molecule has 7 heteroatoms. The summed E-state index contributed by atoms with van der Waals surface area (Å²) in [7, 11) is 0. The molecule has 1 fully saturated rings. The van der Waals surface area contributed by atoms with Crippen LogP contribution in [-0.4, -0.2) is 53.6 Å². The number of carbonyl (C=O) groups is 3. The van der Waals surface area contributed by atoms with Gasteiger partial charge in [-0.05, 0) is 25.2 Å². The van der Waals surface area contributed by atoms with E-state index in [4.69, 9.17) is 5.11 Å². The summed E-state index contributed by atoms with van der Waals surface area (Å²) in [6.07, 6.45) is 3.76. The first-order chi connectivity index (χ1) is 9.95. The fourth-order valence-corrected chi connectivity index (χ4v) is 2.29. The standard InChI is InChI=1S/C14H25N3O4/c1-3-10(2)12(13(19)20)16-14(21)15-9-11(18)17-7-5-4-6-8-17/h10,12H,3-9H2,1-2H3,(H,19,20)(H2,15,16,21)/t10?,12-/m0/s1. The number of hydrogen-bond acceptors (Lipinski definition) is 3. The van der Waals surface area contributed by atoms with Gasteiger partial charge in [-0.3, -0.25) is 4.79 Å². The Labute approximate surface area is 125 Å². The highest BCUT2D eigenvalue weighted by atomic mass is 16.4. The summed E-state index contributed by atoms with van der Waals surface area (Å²) in [6.45, 7) is 4.98. The first-order valence-corrected chi connectivity index (χ1v) is 7.50. The van der Waals surface area contributed by atoms with Gasteiger partial charge >= 0.3 is 12.0 Å². The molecule has 0 radical (unpaired) electrons. The van der Waals surface area contributed by atoms with E-state index < -0.39 is 18.0 Å². The van der Waals surface area contributed by atoms with Gasteiger partial charge in [-0.25, -0.2) is 9.59 Å². The molecule has 21 heavy (non-hydrogen) atoms. The third-order valence-corrected chi connectivity index (χ3v) is 3.87. The summed E-state index contributed by atoms with van der Waals surface area (Å²) in [4.78, 5) is 36.4. The molecule has 1 aliphatic rings. The van der Waals surface area contributed by atoms with Crippen LogP contribution in [-0.2, 0) is 9.59 Å². The predicted octanol–water partition coefficient (Wildman–Crippen LogP) is 0.797. The van der Waals surface area contributed by atoms with Gasteiger partial charge in [-0.15, -0.1) is 0 Å². The van der Waals surface area contributed by atoms with Crippen LogP contribution >= 0.6 is 0 Å². The Morgan fingerprint density at radius 1 is 1.19 bits per heavy atom. The lowest BCUT2D eigenvalue weighted by Gasteiger charge is -2.27. The second-order valence-corrected chi connectivity index (χ2v) is 5.47. The van der Waals surface area contributed by atoms with Crippen LogP contribution < -0.4 is 10.6 Å².